The van der Waals surface area contributed by atoms with Gasteiger partial charge in [-0.05, 0) is 18.3 Å². The van der Waals surface area contributed by atoms with Gasteiger partial charge in [-0.3, -0.25) is 9.80 Å². The zero-order valence-corrected chi connectivity index (χ0v) is 17.7. The van der Waals surface area contributed by atoms with E-state index in [-0.39, 0.29) is 40.6 Å². The van der Waals surface area contributed by atoms with Gasteiger partial charge in [0.15, 0.2) is 11.4 Å². The minimum atomic E-state index is -0.328. The fourth-order valence-electron chi connectivity index (χ4n) is 3.14. The maximum Gasteiger partial charge on any atom is 0.258 e. The highest BCUT2D eigenvalue weighted by molar-refractivity contribution is 5.85. The van der Waals surface area contributed by atoms with E-state index in [1.54, 1.807) is 12.1 Å². The van der Waals surface area contributed by atoms with Crippen molar-refractivity contribution >= 4 is 11.9 Å². The fourth-order valence-corrected chi connectivity index (χ4v) is 3.14. The number of hydrazine groups is 1. The summed E-state index contributed by atoms with van der Waals surface area (Å²) >= 11 is 0. The average Bonchev–Trinajstić information content (AvgIpc) is 3.18. The van der Waals surface area contributed by atoms with Gasteiger partial charge in [0.25, 0.3) is 5.95 Å². The predicted octanol–water partition coefficient (Wildman–Crippen LogP) is 2.78. The number of nitrogens with one attached hydrogen (secondary N) is 1. The second-order valence-electron chi connectivity index (χ2n) is 7.98. The second kappa shape index (κ2) is 8.41. The Hall–Kier alpha value is -3.24. The number of hydrogen-bond donors (Lipinski definition) is 2. The van der Waals surface area contributed by atoms with Crippen LogP contribution in [0.25, 0.3) is 0 Å². The zero-order valence-electron chi connectivity index (χ0n) is 17.7. The predicted molar refractivity (Wildman–Crippen MR) is 106 cm³/mol. The Labute approximate surface area is 170 Å². The first-order valence-electron chi connectivity index (χ1n) is 9.49. The third-order valence-corrected chi connectivity index (χ3v) is 4.96. The van der Waals surface area contributed by atoms with Crippen molar-refractivity contribution in [2.75, 3.05) is 7.05 Å². The van der Waals surface area contributed by atoms with Crippen LogP contribution in [0.3, 0.4) is 0 Å². The Bertz CT molecular complexity index is 933. The molecule has 29 heavy (non-hydrogen) atoms. The first-order chi connectivity index (χ1) is 13.6. The zero-order chi connectivity index (χ0) is 21.9. The molecule has 0 radical (unpaired) electrons. The molecular formula is C19H27N9O. The molecule has 2 heterocycles. The van der Waals surface area contributed by atoms with Gasteiger partial charge in [0, 0.05) is 13.0 Å². The summed E-state index contributed by atoms with van der Waals surface area (Å²) in [5, 5.41) is 28.9. The first-order valence-corrected chi connectivity index (χ1v) is 9.49. The van der Waals surface area contributed by atoms with Gasteiger partial charge in [-0.2, -0.15) is 15.5 Å². The molecule has 3 N–H and O–H groups in total. The highest BCUT2D eigenvalue weighted by atomic mass is 16.2. The second-order valence-corrected chi connectivity index (χ2v) is 7.98. The van der Waals surface area contributed by atoms with E-state index in [9.17, 15) is 15.3 Å². The molecule has 10 heteroatoms. The number of azo groups is 1. The number of aromatic nitrogens is 2. The Balaban J connectivity index is 2.58. The summed E-state index contributed by atoms with van der Waals surface area (Å²) in [4.78, 5) is 17.0. The molecule has 0 saturated carbocycles. The number of carbonyl (C=O) groups is 1. The lowest BCUT2D eigenvalue weighted by atomic mass is 9.86. The molecular weight excluding hydrogens is 370 g/mol. The molecule has 2 rings (SSSR count). The van der Waals surface area contributed by atoms with Crippen molar-refractivity contribution in [2.24, 2.45) is 27.3 Å². The topological polar surface area (TPSA) is 148 Å². The fraction of sp³-hybridized carbons (Fsp3) is 0.579. The molecule has 0 bridgehead atoms. The number of nitrogens with two attached hydrogens (primary N) is 1. The Kier molecular flexibility index (Phi) is 6.40. The van der Waals surface area contributed by atoms with E-state index in [2.05, 4.69) is 20.6 Å². The van der Waals surface area contributed by atoms with Gasteiger partial charge in [-0.15, -0.1) is 10.2 Å². The molecule has 154 valence electrons. The normalized spacial score (nSPS) is 17.3. The summed E-state index contributed by atoms with van der Waals surface area (Å²) in [5.41, 5.74) is 9.37. The van der Waals surface area contributed by atoms with Crippen LogP contribution >= 0.6 is 0 Å². The van der Waals surface area contributed by atoms with E-state index >= 15 is 0 Å². The van der Waals surface area contributed by atoms with Crippen molar-refractivity contribution < 1.29 is 4.79 Å². The quantitative estimate of drug-likeness (QED) is 0.725. The summed E-state index contributed by atoms with van der Waals surface area (Å²) in [6.45, 7) is 9.88. The molecule has 1 aromatic heterocycles. The average molecular weight is 397 g/mol. The number of rotatable bonds is 5. The Morgan fingerprint density at radius 3 is 2.38 bits per heavy atom. The summed E-state index contributed by atoms with van der Waals surface area (Å²) in [5.74, 6) is -0.343. The summed E-state index contributed by atoms with van der Waals surface area (Å²) in [6, 6.07) is 3.53. The Morgan fingerprint density at radius 1 is 1.28 bits per heavy atom. The van der Waals surface area contributed by atoms with Gasteiger partial charge in [-0.25, -0.2) is 9.99 Å². The van der Waals surface area contributed by atoms with E-state index in [4.69, 9.17) is 5.73 Å². The molecule has 0 amide bonds. The number of imidazole rings is 1. The molecule has 1 aromatic rings. The van der Waals surface area contributed by atoms with E-state index in [1.807, 2.05) is 46.8 Å². The van der Waals surface area contributed by atoms with Crippen molar-refractivity contribution in [1.29, 1.82) is 10.5 Å². The molecule has 0 aliphatic carbocycles. The molecule has 1 aliphatic heterocycles. The Morgan fingerprint density at radius 2 is 1.90 bits per heavy atom. The van der Waals surface area contributed by atoms with Crippen LogP contribution in [-0.4, -0.2) is 33.6 Å². The molecule has 0 aromatic carbocycles. The van der Waals surface area contributed by atoms with Crippen LogP contribution < -0.4 is 11.2 Å². The number of nitriles is 2. The van der Waals surface area contributed by atoms with E-state index < -0.39 is 0 Å². The minimum Gasteiger partial charge on any atom is -0.383 e. The van der Waals surface area contributed by atoms with E-state index in [1.165, 1.54) is 0 Å². The highest BCUT2D eigenvalue weighted by Crippen LogP contribution is 2.32. The molecule has 10 nitrogen and oxygen atoms in total. The molecule has 0 saturated heterocycles. The van der Waals surface area contributed by atoms with Crippen LogP contribution in [0.5, 0.6) is 0 Å². The third kappa shape index (κ3) is 4.13. The first kappa shape index (κ1) is 22.1. The minimum absolute atomic E-state index is 0.0995. The van der Waals surface area contributed by atoms with Gasteiger partial charge < -0.3 is 5.73 Å². The molecule has 1 unspecified atom stereocenters. The van der Waals surface area contributed by atoms with Crippen LogP contribution in [0.15, 0.2) is 21.7 Å². The van der Waals surface area contributed by atoms with Crippen molar-refractivity contribution in [2.45, 2.75) is 53.5 Å². The van der Waals surface area contributed by atoms with E-state index in [0.29, 0.717) is 24.4 Å². The maximum atomic E-state index is 13.0. The number of carbonyl (C=O) groups excluding carboxylic acids is 1. The summed E-state index contributed by atoms with van der Waals surface area (Å²) in [6.07, 6.45) is 1.19. The van der Waals surface area contributed by atoms with Crippen molar-refractivity contribution in [3.63, 3.8) is 0 Å². The van der Waals surface area contributed by atoms with Crippen molar-refractivity contribution in [3.8, 4) is 12.1 Å². The third-order valence-electron chi connectivity index (χ3n) is 4.96. The molecule has 1 aliphatic rings. The SMILES string of the molecule is CCC(CC)C(=O)n1c(/N=N\C2=C(N)N(C)NC2C(C)(C)C)nc(C#N)c1C#N. The van der Waals surface area contributed by atoms with Crippen LogP contribution in [0.1, 0.15) is 63.6 Å². The lowest BCUT2D eigenvalue weighted by Gasteiger charge is -2.28. The van der Waals surface area contributed by atoms with Crippen LogP contribution in [0, 0.1) is 34.0 Å². The van der Waals surface area contributed by atoms with Crippen LogP contribution in [-0.2, 0) is 0 Å². The standard InChI is InChI=1S/C19H27N9O/c1-7-11(8-2)17(29)28-13(10-21)12(9-20)23-18(28)25-24-14-15(19(3,4)5)26-27(6)16(14)22/h11,15,26H,7-8,22H2,1-6H3/b25-24-. The molecule has 0 fully saturated rings. The smallest absolute Gasteiger partial charge is 0.258 e. The van der Waals surface area contributed by atoms with Crippen molar-refractivity contribution in [3.05, 3.63) is 22.9 Å². The summed E-state index contributed by atoms with van der Waals surface area (Å²) in [7, 11) is 1.77. The van der Waals surface area contributed by atoms with Gasteiger partial charge in [-0.1, -0.05) is 34.6 Å². The highest BCUT2D eigenvalue weighted by Gasteiger charge is 2.37. The summed E-state index contributed by atoms with van der Waals surface area (Å²) < 4.78 is 1.09. The van der Waals surface area contributed by atoms with Crippen molar-refractivity contribution in [1.82, 2.24) is 20.0 Å². The van der Waals surface area contributed by atoms with Crippen LogP contribution in [0.2, 0.25) is 0 Å². The van der Waals surface area contributed by atoms with Crippen LogP contribution in [0.4, 0.5) is 5.95 Å². The van der Waals surface area contributed by atoms with E-state index in [0.717, 1.165) is 4.57 Å². The number of nitrogens with zero attached hydrogens (tertiary/aromatic N) is 7. The van der Waals surface area contributed by atoms with Gasteiger partial charge >= 0.3 is 0 Å². The maximum absolute atomic E-state index is 13.0. The monoisotopic (exact) mass is 397 g/mol. The number of hydrogen-bond acceptors (Lipinski definition) is 9. The lowest BCUT2D eigenvalue weighted by molar-refractivity contribution is 0.0828. The molecule has 0 spiro atoms. The van der Waals surface area contributed by atoms with Gasteiger partial charge in [0.05, 0.1) is 6.04 Å². The van der Waals surface area contributed by atoms with Gasteiger partial charge in [0.1, 0.15) is 23.7 Å². The van der Waals surface area contributed by atoms with Gasteiger partial charge in [0.2, 0.25) is 5.91 Å². The lowest BCUT2D eigenvalue weighted by Crippen LogP contribution is -2.42. The largest absolute Gasteiger partial charge is 0.383 e. The molecule has 1 atom stereocenters.